The molecule has 1 aromatic heterocycles. The average molecular weight is 254 g/mol. The second-order valence-corrected chi connectivity index (χ2v) is 5.06. The molecule has 4 heteroatoms. The van der Waals surface area contributed by atoms with Gasteiger partial charge in [0.15, 0.2) is 0 Å². The molecule has 0 amide bonds. The van der Waals surface area contributed by atoms with Gasteiger partial charge in [0.2, 0.25) is 0 Å². The van der Waals surface area contributed by atoms with Crippen molar-refractivity contribution in [2.75, 3.05) is 12.8 Å². The zero-order chi connectivity index (χ0) is 11.7. The zero-order valence-corrected chi connectivity index (χ0v) is 10.7. The molecule has 1 heterocycles. The van der Waals surface area contributed by atoms with E-state index in [1.54, 1.807) is 7.11 Å². The zero-order valence-electron chi connectivity index (χ0n) is 9.08. The third kappa shape index (κ3) is 2.01. The quantitative estimate of drug-likeness (QED) is 0.879. The third-order valence-corrected chi connectivity index (χ3v) is 3.50. The molecular formula is C12H12ClNOS. The summed E-state index contributed by atoms with van der Waals surface area (Å²) in [6.45, 7) is 1.98. The van der Waals surface area contributed by atoms with E-state index in [0.717, 1.165) is 26.8 Å². The van der Waals surface area contributed by atoms with E-state index in [-0.39, 0.29) is 0 Å². The average Bonchev–Trinajstić information content (AvgIpc) is 2.63. The number of hydrogen-bond donors (Lipinski definition) is 1. The van der Waals surface area contributed by atoms with Crippen LogP contribution in [0.5, 0.6) is 5.75 Å². The van der Waals surface area contributed by atoms with Crippen LogP contribution < -0.4 is 10.5 Å². The van der Waals surface area contributed by atoms with Gasteiger partial charge >= 0.3 is 0 Å². The molecule has 84 valence electrons. The summed E-state index contributed by atoms with van der Waals surface area (Å²) in [6, 6.07) is 7.66. The number of nitrogens with two attached hydrogens (primary N) is 1. The van der Waals surface area contributed by atoms with Crippen molar-refractivity contribution in [3.8, 4) is 16.2 Å². The lowest BCUT2D eigenvalue weighted by molar-refractivity contribution is 0.413. The van der Waals surface area contributed by atoms with Crippen LogP contribution in [0.4, 0.5) is 5.00 Å². The lowest BCUT2D eigenvalue weighted by Gasteiger charge is -2.10. The van der Waals surface area contributed by atoms with Crippen molar-refractivity contribution < 1.29 is 4.74 Å². The number of ether oxygens (including phenoxy) is 1. The topological polar surface area (TPSA) is 35.2 Å². The predicted molar refractivity (Wildman–Crippen MR) is 70.5 cm³/mol. The normalized spacial score (nSPS) is 10.4. The van der Waals surface area contributed by atoms with Crippen LogP contribution in [0.15, 0.2) is 24.3 Å². The Balaban J connectivity index is 2.63. The van der Waals surface area contributed by atoms with Crippen molar-refractivity contribution in [1.29, 1.82) is 0 Å². The predicted octanol–water partition coefficient (Wildman–Crippen LogP) is 3.97. The first-order valence-corrected chi connectivity index (χ1v) is 6.01. The van der Waals surface area contributed by atoms with Crippen molar-refractivity contribution >= 4 is 27.9 Å². The highest BCUT2D eigenvalue weighted by Gasteiger charge is 2.11. The number of nitrogen functional groups attached to an aromatic ring is 1. The molecule has 2 rings (SSSR count). The van der Waals surface area contributed by atoms with Crippen LogP contribution in [0.3, 0.4) is 0 Å². The second-order valence-electron chi connectivity index (χ2n) is 3.51. The fourth-order valence-electron chi connectivity index (χ4n) is 1.68. The summed E-state index contributed by atoms with van der Waals surface area (Å²) in [7, 11) is 1.66. The van der Waals surface area contributed by atoms with E-state index in [4.69, 9.17) is 22.1 Å². The van der Waals surface area contributed by atoms with Crippen molar-refractivity contribution in [2.24, 2.45) is 0 Å². The van der Waals surface area contributed by atoms with Crippen LogP contribution in [0, 0.1) is 6.92 Å². The van der Waals surface area contributed by atoms with E-state index in [0.29, 0.717) is 5.02 Å². The number of benzene rings is 1. The van der Waals surface area contributed by atoms with Crippen molar-refractivity contribution in [2.45, 2.75) is 6.92 Å². The number of halogens is 1. The number of rotatable bonds is 2. The van der Waals surface area contributed by atoms with E-state index < -0.39 is 0 Å². The molecule has 1 aromatic carbocycles. The monoisotopic (exact) mass is 253 g/mol. The van der Waals surface area contributed by atoms with Crippen LogP contribution >= 0.6 is 22.9 Å². The highest BCUT2D eigenvalue weighted by atomic mass is 35.5. The highest BCUT2D eigenvalue weighted by Crippen LogP contribution is 2.39. The Labute approximate surface area is 104 Å². The Morgan fingerprint density at radius 2 is 2.06 bits per heavy atom. The van der Waals surface area contributed by atoms with E-state index >= 15 is 0 Å². The van der Waals surface area contributed by atoms with Gasteiger partial charge < -0.3 is 10.5 Å². The molecule has 0 saturated carbocycles. The SMILES string of the molecule is COc1c(C)cc(Cl)cc1-c1ccc(N)s1. The molecule has 0 spiro atoms. The summed E-state index contributed by atoms with van der Waals surface area (Å²) in [4.78, 5) is 1.07. The fourth-order valence-corrected chi connectivity index (χ4v) is 2.74. The third-order valence-electron chi connectivity index (χ3n) is 2.34. The van der Waals surface area contributed by atoms with Gasteiger partial charge in [-0.1, -0.05) is 11.6 Å². The molecule has 0 aliphatic rings. The van der Waals surface area contributed by atoms with E-state index in [2.05, 4.69) is 0 Å². The van der Waals surface area contributed by atoms with E-state index in [1.165, 1.54) is 11.3 Å². The lowest BCUT2D eigenvalue weighted by atomic mass is 10.1. The maximum Gasteiger partial charge on any atom is 0.130 e. The summed E-state index contributed by atoms with van der Waals surface area (Å²) in [5.74, 6) is 0.853. The van der Waals surface area contributed by atoms with Crippen LogP contribution in [-0.2, 0) is 0 Å². The minimum absolute atomic E-state index is 0.709. The number of methoxy groups -OCH3 is 1. The first-order valence-electron chi connectivity index (χ1n) is 4.81. The molecule has 0 bridgehead atoms. The van der Waals surface area contributed by atoms with Gasteiger partial charge in [-0.3, -0.25) is 0 Å². The standard InChI is InChI=1S/C12H12ClNOS/c1-7-5-8(13)6-9(12(7)15-2)10-3-4-11(14)16-10/h3-6H,14H2,1-2H3. The first kappa shape index (κ1) is 11.3. The van der Waals surface area contributed by atoms with Gasteiger partial charge in [0.1, 0.15) is 5.75 Å². The van der Waals surface area contributed by atoms with Gasteiger partial charge in [-0.05, 0) is 36.8 Å². The summed E-state index contributed by atoms with van der Waals surface area (Å²) < 4.78 is 5.40. The lowest BCUT2D eigenvalue weighted by Crippen LogP contribution is -1.90. The molecule has 2 aromatic rings. The maximum absolute atomic E-state index is 6.05. The number of hydrogen-bond acceptors (Lipinski definition) is 3. The minimum Gasteiger partial charge on any atom is -0.496 e. The molecule has 2 N–H and O–H groups in total. The van der Waals surface area contributed by atoms with Gasteiger partial charge in [0, 0.05) is 15.5 Å². The molecule has 0 saturated heterocycles. The van der Waals surface area contributed by atoms with Crippen LogP contribution in [0.25, 0.3) is 10.4 Å². The van der Waals surface area contributed by atoms with Crippen molar-refractivity contribution in [3.63, 3.8) is 0 Å². The molecular weight excluding hydrogens is 242 g/mol. The Bertz CT molecular complexity index is 522. The van der Waals surface area contributed by atoms with E-state index in [9.17, 15) is 0 Å². The van der Waals surface area contributed by atoms with Gasteiger partial charge in [-0.2, -0.15) is 0 Å². The second kappa shape index (κ2) is 4.36. The molecule has 0 fully saturated rings. The number of thiophene rings is 1. The van der Waals surface area contributed by atoms with Crippen LogP contribution in [0.1, 0.15) is 5.56 Å². The van der Waals surface area contributed by atoms with Gasteiger partial charge in [-0.25, -0.2) is 0 Å². The molecule has 0 aliphatic carbocycles. The Kier molecular flexibility index (Phi) is 3.08. The molecule has 0 unspecified atom stereocenters. The number of aryl methyl sites for hydroxylation is 1. The number of anilines is 1. The Morgan fingerprint density at radius 3 is 2.62 bits per heavy atom. The largest absolute Gasteiger partial charge is 0.496 e. The van der Waals surface area contributed by atoms with Crippen LogP contribution in [0.2, 0.25) is 5.02 Å². The van der Waals surface area contributed by atoms with Crippen molar-refractivity contribution in [1.82, 2.24) is 0 Å². The molecule has 2 nitrogen and oxygen atoms in total. The van der Waals surface area contributed by atoms with Crippen LogP contribution in [-0.4, -0.2) is 7.11 Å². The summed E-state index contributed by atoms with van der Waals surface area (Å²) >= 11 is 7.58. The van der Waals surface area contributed by atoms with Crippen molar-refractivity contribution in [3.05, 3.63) is 34.9 Å². The van der Waals surface area contributed by atoms with Gasteiger partial charge in [-0.15, -0.1) is 11.3 Å². The van der Waals surface area contributed by atoms with E-state index in [1.807, 2.05) is 31.2 Å². The minimum atomic E-state index is 0.709. The highest BCUT2D eigenvalue weighted by molar-refractivity contribution is 7.19. The van der Waals surface area contributed by atoms with Gasteiger partial charge in [0.05, 0.1) is 12.1 Å². The molecule has 16 heavy (non-hydrogen) atoms. The Morgan fingerprint density at radius 1 is 1.31 bits per heavy atom. The summed E-state index contributed by atoms with van der Waals surface area (Å²) in [5, 5.41) is 1.50. The molecule has 0 radical (unpaired) electrons. The van der Waals surface area contributed by atoms with Gasteiger partial charge in [0.25, 0.3) is 0 Å². The Hall–Kier alpha value is -1.19. The molecule has 0 aliphatic heterocycles. The fraction of sp³-hybridized carbons (Fsp3) is 0.167. The molecule has 0 atom stereocenters. The first-order chi connectivity index (χ1) is 7.61. The summed E-state index contributed by atoms with van der Waals surface area (Å²) in [6.07, 6.45) is 0. The summed E-state index contributed by atoms with van der Waals surface area (Å²) in [5.41, 5.74) is 7.75. The smallest absolute Gasteiger partial charge is 0.130 e. The maximum atomic E-state index is 6.05.